The van der Waals surface area contributed by atoms with Crippen molar-refractivity contribution in [2.45, 2.75) is 19.9 Å². The fourth-order valence-electron chi connectivity index (χ4n) is 0.489. The summed E-state index contributed by atoms with van der Waals surface area (Å²) in [6.45, 7) is 2.85. The van der Waals surface area contributed by atoms with Crippen LogP contribution in [0.25, 0.3) is 0 Å². The number of rotatable bonds is 2. The molecule has 0 heterocycles. The van der Waals surface area contributed by atoms with Crippen LogP contribution in [0.1, 0.15) is 13.8 Å². The molecule has 0 aromatic carbocycles. The summed E-state index contributed by atoms with van der Waals surface area (Å²) in [5.41, 5.74) is 0. The number of esters is 1. The normalized spacial score (nSPS) is 11.9. The molecule has 1 amide bonds. The molecule has 4 heteroatoms. The van der Waals surface area contributed by atoms with Gasteiger partial charge in [0, 0.05) is 6.92 Å². The molecule has 0 rings (SSSR count). The molecule has 0 spiro atoms. The van der Waals surface area contributed by atoms with Crippen molar-refractivity contribution >= 4 is 11.9 Å². The van der Waals surface area contributed by atoms with Crippen LogP contribution in [0, 0.1) is 7.11 Å². The molecule has 0 saturated carbocycles. The minimum atomic E-state index is -0.616. The molecule has 0 fully saturated rings. The molecule has 57 valence electrons. The minimum Gasteiger partial charge on any atom is -0.461 e. The summed E-state index contributed by atoms with van der Waals surface area (Å²) >= 11 is 0. The van der Waals surface area contributed by atoms with Gasteiger partial charge in [0.25, 0.3) is 0 Å². The zero-order chi connectivity index (χ0) is 8.15. The first-order chi connectivity index (χ1) is 4.57. The predicted molar refractivity (Wildman–Crippen MR) is 34.7 cm³/mol. The number of nitrogens with one attached hydrogen (secondary N) is 1. The summed E-state index contributed by atoms with van der Waals surface area (Å²) < 4.78 is 4.11. The molecule has 0 aromatic heterocycles. The Kier molecular flexibility index (Phi) is 3.46. The maximum absolute atomic E-state index is 10.5. The van der Waals surface area contributed by atoms with Crippen LogP contribution in [0.4, 0.5) is 0 Å². The van der Waals surface area contributed by atoms with Gasteiger partial charge in [0.15, 0.2) is 0 Å². The first-order valence-corrected chi connectivity index (χ1v) is 2.81. The average Bonchev–Trinajstić information content (AvgIpc) is 1.85. The maximum Gasteiger partial charge on any atom is 0.328 e. The van der Waals surface area contributed by atoms with E-state index in [2.05, 4.69) is 17.2 Å². The summed E-state index contributed by atoms with van der Waals surface area (Å²) in [4.78, 5) is 20.9. The van der Waals surface area contributed by atoms with E-state index >= 15 is 0 Å². The standard InChI is InChI=1S/C6H10NO3/c1-4(6(9)10-3)7-5(2)8/h4H,3H2,1-2H3,(H,7,8)/t4-/m0/s1. The van der Waals surface area contributed by atoms with Gasteiger partial charge >= 0.3 is 5.97 Å². The highest BCUT2D eigenvalue weighted by molar-refractivity contribution is 5.82. The van der Waals surface area contributed by atoms with Gasteiger partial charge in [-0.15, -0.1) is 0 Å². The van der Waals surface area contributed by atoms with Crippen LogP contribution in [0.15, 0.2) is 0 Å². The molecule has 1 radical (unpaired) electrons. The third kappa shape index (κ3) is 3.06. The van der Waals surface area contributed by atoms with Crippen LogP contribution in [0.3, 0.4) is 0 Å². The van der Waals surface area contributed by atoms with Crippen molar-refractivity contribution in [1.82, 2.24) is 5.32 Å². The van der Waals surface area contributed by atoms with E-state index in [0.29, 0.717) is 0 Å². The molecule has 0 unspecified atom stereocenters. The average molecular weight is 144 g/mol. The topological polar surface area (TPSA) is 55.4 Å². The van der Waals surface area contributed by atoms with Gasteiger partial charge in [0.1, 0.15) is 13.2 Å². The third-order valence-corrected chi connectivity index (χ3v) is 0.916. The van der Waals surface area contributed by atoms with Crippen LogP contribution >= 0.6 is 0 Å². The Bertz CT molecular complexity index is 144. The Labute approximate surface area is 59.6 Å². The first-order valence-electron chi connectivity index (χ1n) is 2.81. The van der Waals surface area contributed by atoms with Crippen molar-refractivity contribution in [3.63, 3.8) is 0 Å². The Balaban J connectivity index is 3.72. The number of amides is 1. The molecule has 4 nitrogen and oxygen atoms in total. The highest BCUT2D eigenvalue weighted by atomic mass is 16.5. The smallest absolute Gasteiger partial charge is 0.328 e. The van der Waals surface area contributed by atoms with Gasteiger partial charge in [-0.2, -0.15) is 0 Å². The zero-order valence-electron chi connectivity index (χ0n) is 6.01. The number of hydrogen-bond acceptors (Lipinski definition) is 3. The van der Waals surface area contributed by atoms with Crippen molar-refractivity contribution in [2.24, 2.45) is 0 Å². The van der Waals surface area contributed by atoms with Gasteiger partial charge < -0.3 is 10.1 Å². The van der Waals surface area contributed by atoms with E-state index < -0.39 is 12.0 Å². The monoisotopic (exact) mass is 144 g/mol. The molecule has 0 aromatic rings. The largest absolute Gasteiger partial charge is 0.461 e. The summed E-state index contributed by atoms with van der Waals surface area (Å²) in [5, 5.41) is 2.34. The second kappa shape index (κ2) is 3.87. The van der Waals surface area contributed by atoms with Gasteiger partial charge in [0.05, 0.1) is 0 Å². The Hall–Kier alpha value is -1.06. The molecule has 0 saturated heterocycles. The first kappa shape index (κ1) is 8.94. The van der Waals surface area contributed by atoms with E-state index in [9.17, 15) is 9.59 Å². The lowest BCUT2D eigenvalue weighted by atomic mass is 10.3. The SMILES string of the molecule is [CH2]OC(=O)[C@H](C)NC(C)=O. The quantitative estimate of drug-likeness (QED) is 0.548. The fraction of sp³-hybridized carbons (Fsp3) is 0.500. The second-order valence-corrected chi connectivity index (χ2v) is 1.89. The molecular formula is C6H10NO3. The van der Waals surface area contributed by atoms with Crippen LogP contribution in [0.2, 0.25) is 0 Å². The lowest BCUT2D eigenvalue weighted by Gasteiger charge is -2.08. The Morgan fingerprint density at radius 3 is 2.40 bits per heavy atom. The highest BCUT2D eigenvalue weighted by Gasteiger charge is 2.12. The van der Waals surface area contributed by atoms with Crippen LogP contribution < -0.4 is 5.32 Å². The van der Waals surface area contributed by atoms with Crippen molar-refractivity contribution in [3.05, 3.63) is 7.11 Å². The van der Waals surface area contributed by atoms with Gasteiger partial charge in [-0.3, -0.25) is 4.79 Å². The van der Waals surface area contributed by atoms with Crippen LogP contribution in [0.5, 0.6) is 0 Å². The van der Waals surface area contributed by atoms with E-state index in [1.54, 1.807) is 0 Å². The van der Waals surface area contributed by atoms with E-state index in [4.69, 9.17) is 0 Å². The highest BCUT2D eigenvalue weighted by Crippen LogP contribution is 1.85. The summed E-state index contributed by atoms with van der Waals surface area (Å²) in [5.74, 6) is -0.812. The van der Waals surface area contributed by atoms with E-state index in [1.807, 2.05) is 0 Å². The molecule has 0 aliphatic heterocycles. The Morgan fingerprint density at radius 1 is 1.60 bits per heavy atom. The summed E-state index contributed by atoms with van der Waals surface area (Å²) in [7, 11) is 2.91. The zero-order valence-corrected chi connectivity index (χ0v) is 6.01. The van der Waals surface area contributed by atoms with Crippen molar-refractivity contribution in [2.75, 3.05) is 0 Å². The van der Waals surface area contributed by atoms with Gasteiger partial charge in [-0.1, -0.05) is 0 Å². The minimum absolute atomic E-state index is 0.266. The lowest BCUT2D eigenvalue weighted by Crippen LogP contribution is -2.37. The predicted octanol–water partition coefficient (Wildman–Crippen LogP) is -0.154. The van der Waals surface area contributed by atoms with E-state index in [1.165, 1.54) is 13.8 Å². The van der Waals surface area contributed by atoms with E-state index in [0.717, 1.165) is 0 Å². The molecule has 1 atom stereocenters. The molecule has 0 aliphatic rings. The fourth-order valence-corrected chi connectivity index (χ4v) is 0.489. The van der Waals surface area contributed by atoms with E-state index in [-0.39, 0.29) is 5.91 Å². The lowest BCUT2D eigenvalue weighted by molar-refractivity contribution is -0.142. The molecule has 10 heavy (non-hydrogen) atoms. The molecule has 1 N–H and O–H groups in total. The maximum atomic E-state index is 10.5. The van der Waals surface area contributed by atoms with Crippen molar-refractivity contribution < 1.29 is 14.3 Å². The van der Waals surface area contributed by atoms with Gasteiger partial charge in [0.2, 0.25) is 5.91 Å². The number of hydrogen-bond donors (Lipinski definition) is 1. The summed E-state index contributed by atoms with van der Waals surface area (Å²) in [6.07, 6.45) is 0. The van der Waals surface area contributed by atoms with Gasteiger partial charge in [-0.25, -0.2) is 4.79 Å². The van der Waals surface area contributed by atoms with Crippen LogP contribution in [-0.2, 0) is 14.3 Å². The molecular weight excluding hydrogens is 134 g/mol. The molecule has 0 bridgehead atoms. The second-order valence-electron chi connectivity index (χ2n) is 1.89. The van der Waals surface area contributed by atoms with Crippen LogP contribution in [-0.4, -0.2) is 17.9 Å². The third-order valence-electron chi connectivity index (χ3n) is 0.916. The van der Waals surface area contributed by atoms with Gasteiger partial charge in [-0.05, 0) is 6.92 Å². The Morgan fingerprint density at radius 2 is 2.10 bits per heavy atom. The number of ether oxygens (including phenoxy) is 1. The summed E-state index contributed by atoms with van der Waals surface area (Å²) in [6, 6.07) is -0.616. The number of carbonyl (C=O) groups excluding carboxylic acids is 2. The molecule has 0 aliphatic carbocycles. The van der Waals surface area contributed by atoms with Crippen molar-refractivity contribution in [1.29, 1.82) is 0 Å². The van der Waals surface area contributed by atoms with Crippen molar-refractivity contribution in [3.8, 4) is 0 Å². The number of carbonyl (C=O) groups is 2.